The first kappa shape index (κ1) is 33.2. The van der Waals surface area contributed by atoms with Crippen molar-refractivity contribution < 1.29 is 18.3 Å². The quantitative estimate of drug-likeness (QED) is 0.140. The summed E-state index contributed by atoms with van der Waals surface area (Å²) < 4.78 is 41.7. The van der Waals surface area contributed by atoms with Crippen molar-refractivity contribution in [2.75, 3.05) is 50.6 Å². The summed E-state index contributed by atoms with van der Waals surface area (Å²) in [5.41, 5.74) is 9.49. The summed E-state index contributed by atoms with van der Waals surface area (Å²) in [5.74, 6) is 2.07. The van der Waals surface area contributed by atoms with Gasteiger partial charge < -0.3 is 20.1 Å². The van der Waals surface area contributed by atoms with E-state index in [1.807, 2.05) is 13.8 Å². The van der Waals surface area contributed by atoms with Crippen molar-refractivity contribution >= 4 is 33.2 Å². The summed E-state index contributed by atoms with van der Waals surface area (Å²) in [4.78, 5) is 18.1. The molecule has 2 aromatic carbocycles. The summed E-state index contributed by atoms with van der Waals surface area (Å²) in [7, 11) is 1.43. The molecule has 3 atom stereocenters. The third kappa shape index (κ3) is 5.48. The van der Waals surface area contributed by atoms with Gasteiger partial charge >= 0.3 is 6.01 Å². The fourth-order valence-electron chi connectivity index (χ4n) is 8.44. The molecule has 3 saturated heterocycles. The van der Waals surface area contributed by atoms with E-state index in [1.54, 1.807) is 18.2 Å². The van der Waals surface area contributed by atoms with E-state index >= 15 is 4.39 Å². The topological polar surface area (TPSA) is 89.6 Å². The van der Waals surface area contributed by atoms with Gasteiger partial charge in [0.2, 0.25) is 0 Å². The molecule has 0 amide bonds. The molecule has 256 valence electrons. The van der Waals surface area contributed by atoms with Gasteiger partial charge in [-0.15, -0.1) is 6.42 Å². The van der Waals surface area contributed by atoms with Crippen LogP contribution in [0.2, 0.25) is 0 Å². The minimum Gasteiger partial charge on any atom is -0.467 e. The standard InChI is InChI=1S/C26H21F2N5O2.C11H17N.C2H6/c1-3-16-19(27)5-4-13-8-15(29)10-17(21(13)16)23-22(28)24-18(11-30-23)25(32-26(31-24)34-2)33-6-7-35-12-14-9-20(14)33;1-9-7-10(2)11(3-4-11)5-6-12(10)8-9;1-2/h1,4-5,8,10-11,14,20H,6-7,9,12,29H2,2H3;1,3-8H2,2H3;1-2H3. The number of hydrogen-bond acceptors (Lipinski definition) is 8. The van der Waals surface area contributed by atoms with Gasteiger partial charge in [-0.3, -0.25) is 9.88 Å². The fraction of sp³-hybridized carbons (Fsp3) is 0.462. The predicted octanol–water partition coefficient (Wildman–Crippen LogP) is 7.14. The smallest absolute Gasteiger partial charge is 0.318 e. The molecule has 0 radical (unpaired) electrons. The first-order chi connectivity index (χ1) is 23.7. The van der Waals surface area contributed by atoms with E-state index in [1.165, 1.54) is 63.7 Å². The fourth-order valence-corrected chi connectivity index (χ4v) is 8.44. The van der Waals surface area contributed by atoms with Crippen molar-refractivity contribution in [1.82, 2.24) is 19.9 Å². The molecule has 10 heteroatoms. The highest BCUT2D eigenvalue weighted by Crippen LogP contribution is 2.66. The number of terminal acetylenes is 1. The van der Waals surface area contributed by atoms with Gasteiger partial charge in [-0.25, -0.2) is 8.78 Å². The van der Waals surface area contributed by atoms with Crippen molar-refractivity contribution in [3.63, 3.8) is 0 Å². The number of nitrogens with zero attached hydrogens (tertiary/aromatic N) is 5. The van der Waals surface area contributed by atoms with Gasteiger partial charge in [-0.1, -0.05) is 38.0 Å². The van der Waals surface area contributed by atoms with Crippen LogP contribution in [0.25, 0.3) is 32.9 Å². The van der Waals surface area contributed by atoms with Gasteiger partial charge in [-0.2, -0.15) is 9.97 Å². The number of halogens is 2. The number of pyridine rings is 1. The summed E-state index contributed by atoms with van der Waals surface area (Å²) in [6.07, 6.45) is 13.8. The number of aromatic nitrogens is 3. The molecule has 8 nitrogen and oxygen atoms in total. The number of nitrogens with two attached hydrogens (primary N) is 1. The molecule has 2 aliphatic carbocycles. The van der Waals surface area contributed by atoms with Gasteiger partial charge in [-0.05, 0) is 74.6 Å². The SMILES string of the molecule is C#Cc1c(F)ccc2cc(N)cc(-c3ncc4c(N5CCOCC6CC65)nc(OC)nc4c3F)c12.C=C1CN2CCC3(CC3)C2(C)C1.CC. The number of methoxy groups -OCH3 is 1. The number of fused-ring (bicyclic) bond motifs is 5. The molecule has 4 aromatic rings. The summed E-state index contributed by atoms with van der Waals surface area (Å²) in [5, 5.41) is 1.40. The second-order valence-corrected chi connectivity index (χ2v) is 13.9. The maximum atomic E-state index is 16.2. The lowest BCUT2D eigenvalue weighted by molar-refractivity contribution is 0.139. The van der Waals surface area contributed by atoms with E-state index in [0.29, 0.717) is 58.9 Å². The second kappa shape index (κ2) is 12.5. The zero-order valence-electron chi connectivity index (χ0n) is 28.8. The Labute approximate surface area is 286 Å². The Hall–Kier alpha value is -4.33. The normalized spacial score (nSPS) is 24.7. The van der Waals surface area contributed by atoms with Crippen molar-refractivity contribution in [2.24, 2.45) is 11.3 Å². The molecule has 5 aliphatic rings. The van der Waals surface area contributed by atoms with Crippen LogP contribution in [0.15, 0.2) is 42.6 Å². The number of rotatable bonds is 3. The van der Waals surface area contributed by atoms with E-state index in [-0.39, 0.29) is 34.4 Å². The Morgan fingerprint density at radius 3 is 2.67 bits per heavy atom. The van der Waals surface area contributed by atoms with Crippen LogP contribution < -0.4 is 15.4 Å². The van der Waals surface area contributed by atoms with Crippen LogP contribution in [-0.2, 0) is 4.74 Å². The molecule has 3 unspecified atom stereocenters. The van der Waals surface area contributed by atoms with Gasteiger partial charge in [0.25, 0.3) is 0 Å². The van der Waals surface area contributed by atoms with Crippen LogP contribution in [0.3, 0.4) is 0 Å². The first-order valence-electron chi connectivity index (χ1n) is 17.3. The molecule has 2 N–H and O–H groups in total. The second-order valence-electron chi connectivity index (χ2n) is 13.9. The molecular weight excluding hydrogens is 622 g/mol. The minimum atomic E-state index is -0.693. The Morgan fingerprint density at radius 2 is 1.94 bits per heavy atom. The highest BCUT2D eigenvalue weighted by Gasteiger charge is 2.64. The first-order valence-corrected chi connectivity index (χ1v) is 17.3. The van der Waals surface area contributed by atoms with E-state index in [0.717, 1.165) is 11.8 Å². The Balaban J connectivity index is 0.000000224. The lowest BCUT2D eigenvalue weighted by atomic mass is 9.81. The number of benzene rings is 2. The van der Waals surface area contributed by atoms with Gasteiger partial charge in [0.1, 0.15) is 22.8 Å². The monoisotopic (exact) mass is 666 g/mol. The van der Waals surface area contributed by atoms with E-state index in [9.17, 15) is 4.39 Å². The number of anilines is 2. The van der Waals surface area contributed by atoms with Crippen LogP contribution in [-0.4, -0.2) is 71.4 Å². The van der Waals surface area contributed by atoms with E-state index in [4.69, 9.17) is 21.6 Å². The lowest BCUT2D eigenvalue weighted by Crippen LogP contribution is -2.40. The molecule has 2 aromatic heterocycles. The maximum Gasteiger partial charge on any atom is 0.318 e. The Kier molecular flexibility index (Phi) is 8.48. The van der Waals surface area contributed by atoms with Gasteiger partial charge in [0.05, 0.1) is 31.3 Å². The highest BCUT2D eigenvalue weighted by atomic mass is 19.1. The average molecular weight is 667 g/mol. The zero-order valence-corrected chi connectivity index (χ0v) is 28.8. The maximum absolute atomic E-state index is 16.2. The Morgan fingerprint density at radius 1 is 1.14 bits per heavy atom. The van der Waals surface area contributed by atoms with Crippen LogP contribution in [0.4, 0.5) is 20.3 Å². The summed E-state index contributed by atoms with van der Waals surface area (Å²) in [6.45, 7) is 15.0. The van der Waals surface area contributed by atoms with Crippen molar-refractivity contribution in [2.45, 2.75) is 64.5 Å². The molecule has 3 aliphatic heterocycles. The number of ether oxygens (including phenoxy) is 2. The molecule has 9 rings (SSSR count). The van der Waals surface area contributed by atoms with Crippen LogP contribution >= 0.6 is 0 Å². The average Bonchev–Trinajstić information content (AvgIpc) is 4.01. The summed E-state index contributed by atoms with van der Waals surface area (Å²) >= 11 is 0. The van der Waals surface area contributed by atoms with Crippen molar-refractivity contribution in [3.8, 4) is 29.6 Å². The van der Waals surface area contributed by atoms with Crippen molar-refractivity contribution in [1.29, 1.82) is 0 Å². The third-order valence-corrected chi connectivity index (χ3v) is 11.2. The minimum absolute atomic E-state index is 0.0177. The van der Waals surface area contributed by atoms with Crippen molar-refractivity contribution in [3.05, 3.63) is 59.8 Å². The van der Waals surface area contributed by atoms with E-state index < -0.39 is 11.6 Å². The molecule has 2 saturated carbocycles. The summed E-state index contributed by atoms with van der Waals surface area (Å²) in [6, 6.07) is 6.34. The molecule has 49 heavy (non-hydrogen) atoms. The zero-order chi connectivity index (χ0) is 34.7. The van der Waals surface area contributed by atoms with E-state index in [2.05, 4.69) is 44.2 Å². The molecule has 1 spiro atoms. The van der Waals surface area contributed by atoms with Gasteiger partial charge in [0.15, 0.2) is 5.82 Å². The molecule has 0 bridgehead atoms. The number of hydrogen-bond donors (Lipinski definition) is 1. The highest BCUT2D eigenvalue weighted by molar-refractivity contribution is 6.03. The molecule has 5 heterocycles. The largest absolute Gasteiger partial charge is 0.467 e. The molecule has 5 fully saturated rings. The number of nitrogen functional groups attached to an aromatic ring is 1. The van der Waals surface area contributed by atoms with Crippen LogP contribution in [0.1, 0.15) is 58.4 Å². The Bertz CT molecular complexity index is 2010. The van der Waals surface area contributed by atoms with Gasteiger partial charge in [0, 0.05) is 53.4 Å². The predicted molar refractivity (Wildman–Crippen MR) is 191 cm³/mol. The molecular formula is C39H44F2N6O2. The third-order valence-electron chi connectivity index (χ3n) is 11.2. The van der Waals surface area contributed by atoms with Crippen LogP contribution in [0.5, 0.6) is 6.01 Å². The van der Waals surface area contributed by atoms with Crippen LogP contribution in [0, 0.1) is 35.3 Å². The lowest BCUT2D eigenvalue weighted by Gasteiger charge is -2.33.